The first kappa shape index (κ1) is 15.3. The first-order valence-corrected chi connectivity index (χ1v) is 7.93. The first-order chi connectivity index (χ1) is 11.2. The number of hydrogen-bond donors (Lipinski definition) is 0. The van der Waals surface area contributed by atoms with Crippen molar-refractivity contribution in [2.45, 2.75) is 18.8 Å². The van der Waals surface area contributed by atoms with Gasteiger partial charge < -0.3 is 4.90 Å². The summed E-state index contributed by atoms with van der Waals surface area (Å²) in [6.45, 7) is 0.895. The average Bonchev–Trinajstić information content (AvgIpc) is 2.61. The number of nitro groups is 1. The third kappa shape index (κ3) is 3.77. The predicted octanol–water partition coefficient (Wildman–Crippen LogP) is 4.23. The van der Waals surface area contributed by atoms with Crippen LogP contribution in [0.3, 0.4) is 0 Å². The molecule has 4 heteroatoms. The normalized spacial score (nSPS) is 15.8. The zero-order valence-electron chi connectivity index (χ0n) is 13.0. The summed E-state index contributed by atoms with van der Waals surface area (Å²) in [5, 5.41) is 11.1. The molecule has 0 N–H and O–H groups in total. The highest BCUT2D eigenvalue weighted by molar-refractivity contribution is 5.51. The van der Waals surface area contributed by atoms with E-state index in [9.17, 15) is 10.1 Å². The second kappa shape index (κ2) is 7.09. The van der Waals surface area contributed by atoms with E-state index in [0.29, 0.717) is 0 Å². The van der Waals surface area contributed by atoms with Gasteiger partial charge in [-0.1, -0.05) is 48.5 Å². The molecule has 2 aromatic rings. The molecule has 0 amide bonds. The second-order valence-corrected chi connectivity index (χ2v) is 5.82. The second-order valence-electron chi connectivity index (χ2n) is 5.82. The largest absolute Gasteiger partial charge is 0.348 e. The Hall–Kier alpha value is -2.62. The van der Waals surface area contributed by atoms with Crippen molar-refractivity contribution in [3.63, 3.8) is 0 Å². The number of anilines is 1. The maximum absolute atomic E-state index is 11.1. The maximum Gasteiger partial charge on any atom is 0.214 e. The lowest BCUT2D eigenvalue weighted by atomic mass is 9.87. The highest BCUT2D eigenvalue weighted by atomic mass is 16.6. The highest BCUT2D eigenvalue weighted by Crippen LogP contribution is 2.32. The molecule has 0 saturated carbocycles. The van der Waals surface area contributed by atoms with Gasteiger partial charge in [0.25, 0.3) is 0 Å². The third-order valence-electron chi connectivity index (χ3n) is 4.26. The van der Waals surface area contributed by atoms with Crippen molar-refractivity contribution in [1.82, 2.24) is 0 Å². The minimum absolute atomic E-state index is 0.0571. The van der Waals surface area contributed by atoms with Crippen LogP contribution in [0.1, 0.15) is 24.3 Å². The van der Waals surface area contributed by atoms with Gasteiger partial charge in [0, 0.05) is 23.4 Å². The summed E-state index contributed by atoms with van der Waals surface area (Å²) in [4.78, 5) is 13.1. The Morgan fingerprint density at radius 1 is 1.04 bits per heavy atom. The van der Waals surface area contributed by atoms with Crippen molar-refractivity contribution in [3.05, 3.63) is 88.1 Å². The van der Waals surface area contributed by atoms with Crippen LogP contribution < -0.4 is 4.90 Å². The summed E-state index contributed by atoms with van der Waals surface area (Å²) in [6, 6.07) is 20.0. The van der Waals surface area contributed by atoms with Crippen LogP contribution in [0.4, 0.5) is 5.69 Å². The monoisotopic (exact) mass is 308 g/mol. The highest BCUT2D eigenvalue weighted by Gasteiger charge is 2.25. The molecule has 118 valence electrons. The molecule has 0 radical (unpaired) electrons. The molecule has 1 aliphatic rings. The number of rotatable bonds is 5. The fraction of sp³-hybridized carbons (Fsp3) is 0.263. The average molecular weight is 308 g/mol. The van der Waals surface area contributed by atoms with Crippen LogP contribution in [-0.2, 0) is 0 Å². The van der Waals surface area contributed by atoms with Crippen LogP contribution in [0.25, 0.3) is 0 Å². The van der Waals surface area contributed by atoms with Crippen LogP contribution in [-0.4, -0.2) is 18.0 Å². The van der Waals surface area contributed by atoms with Crippen molar-refractivity contribution in [3.8, 4) is 0 Å². The molecule has 0 fully saturated rings. The number of nitrogens with zero attached hydrogens (tertiary/aromatic N) is 2. The molecule has 23 heavy (non-hydrogen) atoms. The van der Waals surface area contributed by atoms with Crippen molar-refractivity contribution < 1.29 is 4.92 Å². The van der Waals surface area contributed by atoms with Crippen molar-refractivity contribution in [2.75, 3.05) is 18.0 Å². The SMILES string of the molecule is O=[N+]([O-])CC(C1=CN(c2ccccc2)CCC1)c1ccccc1. The van der Waals surface area contributed by atoms with Gasteiger partial charge in [-0.25, -0.2) is 0 Å². The smallest absolute Gasteiger partial charge is 0.214 e. The van der Waals surface area contributed by atoms with Crippen molar-refractivity contribution in [2.24, 2.45) is 0 Å². The van der Waals surface area contributed by atoms with Gasteiger partial charge in [0.15, 0.2) is 0 Å². The molecule has 0 aliphatic carbocycles. The van der Waals surface area contributed by atoms with Gasteiger partial charge in [0.05, 0.1) is 5.92 Å². The van der Waals surface area contributed by atoms with Crippen LogP contribution in [0.5, 0.6) is 0 Å². The molecule has 3 rings (SSSR count). The van der Waals surface area contributed by atoms with E-state index in [1.807, 2.05) is 48.5 Å². The standard InChI is InChI=1S/C19H20N2O2/c22-21(23)15-19(16-8-3-1-4-9-16)17-10-7-13-20(14-17)18-11-5-2-6-12-18/h1-6,8-9,11-12,14,19H,7,10,13,15H2. The molecule has 1 unspecified atom stereocenters. The Labute approximate surface area is 136 Å². The molecule has 0 saturated heterocycles. The van der Waals surface area contributed by atoms with Gasteiger partial charge in [-0.3, -0.25) is 10.1 Å². The summed E-state index contributed by atoms with van der Waals surface area (Å²) in [6.07, 6.45) is 4.04. The zero-order chi connectivity index (χ0) is 16.1. The Morgan fingerprint density at radius 3 is 2.35 bits per heavy atom. The molecule has 4 nitrogen and oxygen atoms in total. The van der Waals surface area contributed by atoms with E-state index in [-0.39, 0.29) is 17.4 Å². The van der Waals surface area contributed by atoms with E-state index in [2.05, 4.69) is 23.2 Å². The number of para-hydroxylation sites is 1. The summed E-state index contributed by atoms with van der Waals surface area (Å²) in [5.41, 5.74) is 3.30. The van der Waals surface area contributed by atoms with E-state index < -0.39 is 0 Å². The summed E-state index contributed by atoms with van der Waals surface area (Å²) >= 11 is 0. The third-order valence-corrected chi connectivity index (χ3v) is 4.26. The van der Waals surface area contributed by atoms with Crippen LogP contribution in [0.15, 0.2) is 72.4 Å². The molecule has 2 aromatic carbocycles. The van der Waals surface area contributed by atoms with Crippen LogP contribution in [0.2, 0.25) is 0 Å². The Balaban J connectivity index is 1.92. The van der Waals surface area contributed by atoms with Gasteiger partial charge in [-0.05, 0) is 36.1 Å². The molecule has 0 spiro atoms. The summed E-state index contributed by atoms with van der Waals surface area (Å²) < 4.78 is 0. The predicted molar refractivity (Wildman–Crippen MR) is 92.1 cm³/mol. The van der Waals surface area contributed by atoms with E-state index in [1.54, 1.807) is 0 Å². The topological polar surface area (TPSA) is 46.4 Å². The first-order valence-electron chi connectivity index (χ1n) is 7.93. The van der Waals surface area contributed by atoms with Crippen LogP contribution >= 0.6 is 0 Å². The van der Waals surface area contributed by atoms with Crippen molar-refractivity contribution >= 4 is 5.69 Å². The Kier molecular flexibility index (Phi) is 4.71. The van der Waals surface area contributed by atoms with Gasteiger partial charge in [0.1, 0.15) is 0 Å². The molecule has 0 bridgehead atoms. The van der Waals surface area contributed by atoms with Crippen LogP contribution in [0, 0.1) is 10.1 Å². The Bertz CT molecular complexity index is 683. The molecule has 1 atom stereocenters. The maximum atomic E-state index is 11.1. The van der Waals surface area contributed by atoms with Gasteiger partial charge in [-0.2, -0.15) is 0 Å². The molecular formula is C19H20N2O2. The molecule has 0 aromatic heterocycles. The summed E-state index contributed by atoms with van der Waals surface area (Å²) in [7, 11) is 0. The fourth-order valence-corrected chi connectivity index (χ4v) is 3.14. The van der Waals surface area contributed by atoms with Gasteiger partial charge >= 0.3 is 0 Å². The number of hydrogen-bond acceptors (Lipinski definition) is 3. The van der Waals surface area contributed by atoms with Gasteiger partial charge in [0.2, 0.25) is 6.54 Å². The number of benzene rings is 2. The van der Waals surface area contributed by atoms with E-state index in [0.717, 1.165) is 36.2 Å². The Morgan fingerprint density at radius 2 is 1.70 bits per heavy atom. The molecule has 1 aliphatic heterocycles. The van der Waals surface area contributed by atoms with Gasteiger partial charge in [-0.15, -0.1) is 0 Å². The molecular weight excluding hydrogens is 288 g/mol. The minimum atomic E-state index is -0.208. The molecule has 1 heterocycles. The summed E-state index contributed by atoms with van der Waals surface area (Å²) in [5.74, 6) is -0.155. The van der Waals surface area contributed by atoms with E-state index in [1.165, 1.54) is 0 Å². The zero-order valence-corrected chi connectivity index (χ0v) is 13.0. The fourth-order valence-electron chi connectivity index (χ4n) is 3.14. The lowest BCUT2D eigenvalue weighted by molar-refractivity contribution is -0.482. The quantitative estimate of drug-likeness (QED) is 0.613. The van der Waals surface area contributed by atoms with Crippen molar-refractivity contribution in [1.29, 1.82) is 0 Å². The van der Waals surface area contributed by atoms with E-state index >= 15 is 0 Å². The van der Waals surface area contributed by atoms with E-state index in [4.69, 9.17) is 0 Å². The lowest BCUT2D eigenvalue weighted by Gasteiger charge is -2.29. The lowest BCUT2D eigenvalue weighted by Crippen LogP contribution is -2.26. The minimum Gasteiger partial charge on any atom is -0.348 e.